The number of carbonyl (C=O) groups is 4. The van der Waals surface area contributed by atoms with Gasteiger partial charge in [-0.15, -0.1) is 0 Å². The van der Waals surface area contributed by atoms with Crippen LogP contribution >= 0.6 is 0 Å². The van der Waals surface area contributed by atoms with Gasteiger partial charge in [-0.25, -0.2) is 16.8 Å². The summed E-state index contributed by atoms with van der Waals surface area (Å²) in [5.74, 6) is -2.33. The Bertz CT molecular complexity index is 3850. The molecule has 0 saturated carbocycles. The number of hydrogen-bond donors (Lipinski definition) is 2. The number of benzene rings is 8. The Morgan fingerprint density at radius 2 is 0.779 bits per heavy atom. The maximum Gasteiger partial charge on any atom is 1.00 e. The van der Waals surface area contributed by atoms with Crippen molar-refractivity contribution in [2.24, 2.45) is 0 Å². The van der Waals surface area contributed by atoms with Crippen molar-refractivity contribution >= 4 is 88.2 Å². The molecule has 0 aromatic heterocycles. The number of sulfonamides is 2. The van der Waals surface area contributed by atoms with Crippen LogP contribution in [0.25, 0.3) is 21.5 Å². The summed E-state index contributed by atoms with van der Waals surface area (Å²) in [5.41, 5.74) is 6.29. The van der Waals surface area contributed by atoms with Crippen molar-refractivity contribution in [3.05, 3.63) is 192 Å². The quantitative estimate of drug-likeness (QED) is 0.0436. The summed E-state index contributed by atoms with van der Waals surface area (Å²) in [4.78, 5) is 52.4. The van der Waals surface area contributed by atoms with Crippen LogP contribution in [0.1, 0.15) is 48.9 Å². The zero-order valence-electron chi connectivity index (χ0n) is 49.4. The van der Waals surface area contributed by atoms with E-state index in [4.69, 9.17) is 18.9 Å². The van der Waals surface area contributed by atoms with Crippen molar-refractivity contribution < 1.29 is 89.5 Å². The van der Waals surface area contributed by atoms with Crippen LogP contribution in [0.3, 0.4) is 0 Å². The topological polar surface area (TPSA) is 257 Å². The van der Waals surface area contributed by atoms with E-state index in [0.29, 0.717) is 52.1 Å². The van der Waals surface area contributed by atoms with E-state index in [1.807, 2.05) is 118 Å². The van der Waals surface area contributed by atoms with Gasteiger partial charge in [0.05, 0.1) is 62.4 Å². The van der Waals surface area contributed by atoms with E-state index in [-0.39, 0.29) is 64.7 Å². The molecule has 0 bridgehead atoms. The molecule has 0 spiro atoms. The molecule has 0 heterocycles. The van der Waals surface area contributed by atoms with Gasteiger partial charge in [0.2, 0.25) is 0 Å². The number of fused-ring (bicyclic) bond motifs is 2. The minimum absolute atomic E-state index is 0. The molecule has 8 aromatic carbocycles. The number of nitrogens with zero attached hydrogens (tertiary/aromatic N) is 4. The van der Waals surface area contributed by atoms with Gasteiger partial charge in [0.25, 0.3) is 20.0 Å². The Labute approximate surface area is 513 Å². The van der Waals surface area contributed by atoms with Gasteiger partial charge in [0.15, 0.2) is 0 Å². The second-order valence-corrected chi connectivity index (χ2v) is 23.7. The molecule has 0 unspecified atom stereocenters. The summed E-state index contributed by atoms with van der Waals surface area (Å²) in [6.07, 6.45) is 0.0394. The van der Waals surface area contributed by atoms with Crippen LogP contribution in [0.4, 0.5) is 22.7 Å². The van der Waals surface area contributed by atoms with E-state index in [1.54, 1.807) is 48.5 Å². The van der Waals surface area contributed by atoms with Crippen LogP contribution in [0.5, 0.6) is 11.5 Å². The third kappa shape index (κ3) is 16.4. The smallest absolute Gasteiger partial charge is 0.870 e. The molecular formula is C64H69LiN4O15S2. The predicted molar refractivity (Wildman–Crippen MR) is 327 cm³/mol. The van der Waals surface area contributed by atoms with Gasteiger partial charge in [-0.1, -0.05) is 108 Å². The van der Waals surface area contributed by atoms with Gasteiger partial charge in [0.1, 0.15) is 24.6 Å². The van der Waals surface area contributed by atoms with Gasteiger partial charge in [-0.3, -0.25) is 27.8 Å². The van der Waals surface area contributed by atoms with Crippen molar-refractivity contribution in [2.45, 2.75) is 75.5 Å². The minimum atomic E-state index is -4.28. The van der Waals surface area contributed by atoms with Gasteiger partial charge < -0.3 is 44.4 Å². The summed E-state index contributed by atoms with van der Waals surface area (Å²) in [6, 6.07) is 48.5. The molecule has 8 aromatic rings. The molecule has 0 aliphatic carbocycles. The molecule has 0 radical (unpaired) electrons. The van der Waals surface area contributed by atoms with Crippen molar-refractivity contribution in [3.8, 4) is 11.5 Å². The number of methoxy groups -OCH3 is 4. The standard InChI is InChI=1S/C33H36N2O7S.C31H32N2O7S.Li.H2O/c1-23-10-12-25(13-11-23)21-34(24(2)20-32(36)41-4)30-18-19-31(29-9-7-6-8-28(29)30)35(22-33(37)42-5)43(38,39)27-16-14-26(40-3)15-17-27;1-21-8-10-23(11-9-21)19-32(22(2)18-30(34)35)28-16-17-29(27-7-5-4-6-26(27)28)33(20-31(36)37)41(38,39)25-14-12-24(40-3)13-15-25;;/h6-19,24H,20-22H2,1-5H3;4-17,22H,18-20H2,1-3H3,(H,34,35)(H,36,37);;1H2/q;;+1;/p-1/t24-;22-;;/m00../s1. The number of anilines is 4. The summed E-state index contributed by atoms with van der Waals surface area (Å²) >= 11 is 0. The second kappa shape index (κ2) is 30.5. The number of rotatable bonds is 24. The van der Waals surface area contributed by atoms with Gasteiger partial charge in [-0.2, -0.15) is 0 Å². The van der Waals surface area contributed by atoms with E-state index in [1.165, 1.54) is 64.8 Å². The number of carboxylic acids is 2. The number of esters is 2. The molecule has 0 aliphatic heterocycles. The average Bonchev–Trinajstić information content (AvgIpc) is 1.49. The molecule has 0 amide bonds. The number of ether oxygens (including phenoxy) is 4. The van der Waals surface area contributed by atoms with Crippen LogP contribution in [-0.4, -0.2) is 110 Å². The van der Waals surface area contributed by atoms with Gasteiger partial charge in [-0.05, 0) is 112 Å². The van der Waals surface area contributed by atoms with E-state index in [0.717, 1.165) is 41.9 Å². The van der Waals surface area contributed by atoms with E-state index >= 15 is 0 Å². The fraction of sp³-hybridized carbons (Fsp3) is 0.250. The fourth-order valence-electron chi connectivity index (χ4n) is 9.66. The molecule has 448 valence electrons. The first-order chi connectivity index (χ1) is 40.1. The monoisotopic (exact) mass is 1200 g/mol. The Morgan fingerprint density at radius 3 is 1.12 bits per heavy atom. The SMILES string of the molecule is COC(=O)C[C@H](C)N(Cc1ccc(C)cc1)c1ccc(N(CC(=O)OC)S(=O)(=O)c2ccc(OC)cc2)c2ccccc12.COc1ccc(S(=O)(=O)N(CC(=O)O)c2ccc(N(Cc3ccc(C)cc3)[C@@H](C)CC(=O)O)c3ccccc23)cc1.[Li+].[OH-]. The molecule has 86 heavy (non-hydrogen) atoms. The molecule has 19 nitrogen and oxygen atoms in total. The third-order valence-electron chi connectivity index (χ3n) is 14.2. The van der Waals surface area contributed by atoms with Crippen LogP contribution in [0.15, 0.2) is 180 Å². The molecular weight excluding hydrogens is 1140 g/mol. The summed E-state index contributed by atoms with van der Waals surface area (Å²) in [6.45, 7) is 7.39. The molecule has 3 N–H and O–H groups in total. The Kier molecular flexibility index (Phi) is 24.2. The Morgan fingerprint density at radius 1 is 0.442 bits per heavy atom. The van der Waals surface area contributed by atoms with Crippen molar-refractivity contribution in [3.63, 3.8) is 0 Å². The van der Waals surface area contributed by atoms with E-state index < -0.39 is 57.1 Å². The second-order valence-electron chi connectivity index (χ2n) is 19.9. The average molecular weight is 1210 g/mol. The van der Waals surface area contributed by atoms with E-state index in [2.05, 4.69) is 4.90 Å². The van der Waals surface area contributed by atoms with Crippen LogP contribution in [0.2, 0.25) is 0 Å². The maximum atomic E-state index is 14.0. The molecule has 0 saturated heterocycles. The largest absolute Gasteiger partial charge is 1.00 e. The van der Waals surface area contributed by atoms with Gasteiger partial charge in [0, 0.05) is 58.1 Å². The van der Waals surface area contributed by atoms with Crippen molar-refractivity contribution in [1.82, 2.24) is 0 Å². The number of aryl methyl sites for hydroxylation is 2. The third-order valence-corrected chi connectivity index (χ3v) is 17.7. The molecule has 22 heteroatoms. The first-order valence-electron chi connectivity index (χ1n) is 26.7. The number of hydrogen-bond acceptors (Lipinski definition) is 15. The summed E-state index contributed by atoms with van der Waals surface area (Å²) in [5, 5.41) is 21.8. The number of carbonyl (C=O) groups excluding carboxylic acids is 2. The van der Waals surface area contributed by atoms with Crippen LogP contribution < -0.4 is 46.7 Å². The van der Waals surface area contributed by atoms with Crippen molar-refractivity contribution in [2.75, 3.05) is 59.9 Å². The summed E-state index contributed by atoms with van der Waals surface area (Å²) in [7, 11) is -2.93. The van der Waals surface area contributed by atoms with Crippen molar-refractivity contribution in [1.29, 1.82) is 0 Å². The molecule has 0 aliphatic rings. The van der Waals surface area contributed by atoms with Crippen LogP contribution in [0, 0.1) is 13.8 Å². The Hall–Kier alpha value is -8.58. The van der Waals surface area contributed by atoms with E-state index in [9.17, 15) is 46.2 Å². The molecule has 8 rings (SSSR count). The minimum Gasteiger partial charge on any atom is -0.870 e. The predicted octanol–water partition coefficient (Wildman–Crippen LogP) is 7.62. The first-order valence-corrected chi connectivity index (χ1v) is 29.6. The van der Waals surface area contributed by atoms with Crippen LogP contribution in [-0.2, 0) is 61.8 Å². The zero-order valence-corrected chi connectivity index (χ0v) is 51.0. The molecule has 2 atom stereocenters. The molecule has 0 fully saturated rings. The maximum absolute atomic E-state index is 14.0. The fourth-order valence-corrected chi connectivity index (χ4v) is 12.5. The summed E-state index contributed by atoms with van der Waals surface area (Å²) < 4.78 is 77.6. The zero-order chi connectivity index (χ0) is 60.9. The number of aliphatic carboxylic acids is 2. The first kappa shape index (κ1) is 68.2. The normalized spacial score (nSPS) is 11.7. The number of carboxylic acid groups (broad SMARTS) is 2. The van der Waals surface area contributed by atoms with Gasteiger partial charge >= 0.3 is 42.7 Å². The Balaban J connectivity index is 0.000000307.